The molecule has 0 bridgehead atoms. The summed E-state index contributed by atoms with van der Waals surface area (Å²) in [6, 6.07) is 0. The summed E-state index contributed by atoms with van der Waals surface area (Å²) in [7, 11) is 0. The fourth-order valence-electron chi connectivity index (χ4n) is 1.88. The second-order valence-electron chi connectivity index (χ2n) is 5.36. The standard InChI is InChI=1S/C12H20N2S/c1-12(2,3)10-8-15-11(14-10)9-5-4-6-13-7-9/h8-9,13H,4-7H2,1-3H3. The number of thiazole rings is 1. The zero-order valence-corrected chi connectivity index (χ0v) is 10.7. The van der Waals surface area contributed by atoms with Crippen molar-refractivity contribution in [1.82, 2.24) is 10.3 Å². The number of hydrogen-bond acceptors (Lipinski definition) is 3. The van der Waals surface area contributed by atoms with Crippen LogP contribution in [0.15, 0.2) is 5.38 Å². The molecule has 0 spiro atoms. The summed E-state index contributed by atoms with van der Waals surface area (Å²) in [6.07, 6.45) is 2.58. The van der Waals surface area contributed by atoms with Crippen LogP contribution in [0.3, 0.4) is 0 Å². The van der Waals surface area contributed by atoms with Crippen LogP contribution in [0.1, 0.15) is 50.2 Å². The first-order chi connectivity index (χ1) is 7.07. The van der Waals surface area contributed by atoms with Crippen LogP contribution < -0.4 is 5.32 Å². The summed E-state index contributed by atoms with van der Waals surface area (Å²) < 4.78 is 0. The number of nitrogens with one attached hydrogen (secondary N) is 1. The van der Waals surface area contributed by atoms with E-state index in [4.69, 9.17) is 4.98 Å². The Morgan fingerprint density at radius 1 is 1.47 bits per heavy atom. The third-order valence-electron chi connectivity index (χ3n) is 2.94. The van der Waals surface area contributed by atoms with Gasteiger partial charge in [-0.15, -0.1) is 11.3 Å². The average molecular weight is 224 g/mol. The highest BCUT2D eigenvalue weighted by Crippen LogP contribution is 2.30. The number of rotatable bonds is 1. The normalized spacial score (nSPS) is 23.0. The summed E-state index contributed by atoms with van der Waals surface area (Å²) in [5.74, 6) is 0.653. The van der Waals surface area contributed by atoms with Crippen LogP contribution >= 0.6 is 11.3 Å². The van der Waals surface area contributed by atoms with E-state index in [9.17, 15) is 0 Å². The van der Waals surface area contributed by atoms with Gasteiger partial charge in [-0.1, -0.05) is 20.8 Å². The van der Waals surface area contributed by atoms with Crippen molar-refractivity contribution in [1.29, 1.82) is 0 Å². The first-order valence-electron chi connectivity index (χ1n) is 5.74. The highest BCUT2D eigenvalue weighted by Gasteiger charge is 2.22. The molecule has 2 rings (SSSR count). The molecule has 0 aliphatic carbocycles. The van der Waals surface area contributed by atoms with Crippen LogP contribution in [0, 0.1) is 0 Å². The van der Waals surface area contributed by atoms with Gasteiger partial charge in [-0.2, -0.15) is 0 Å². The number of nitrogens with zero attached hydrogens (tertiary/aromatic N) is 1. The van der Waals surface area contributed by atoms with Crippen molar-refractivity contribution < 1.29 is 0 Å². The SMILES string of the molecule is CC(C)(C)c1csc(C2CCCNC2)n1. The zero-order chi connectivity index (χ0) is 10.9. The lowest BCUT2D eigenvalue weighted by Crippen LogP contribution is -2.28. The predicted molar refractivity (Wildman–Crippen MR) is 65.7 cm³/mol. The van der Waals surface area contributed by atoms with Crippen LogP contribution in [-0.2, 0) is 5.41 Å². The molecule has 1 saturated heterocycles. The molecule has 2 heterocycles. The van der Waals surface area contributed by atoms with Crippen molar-refractivity contribution in [3.05, 3.63) is 16.1 Å². The average Bonchev–Trinajstić information content (AvgIpc) is 2.67. The van der Waals surface area contributed by atoms with Gasteiger partial charge in [0.25, 0.3) is 0 Å². The summed E-state index contributed by atoms with van der Waals surface area (Å²) in [6.45, 7) is 8.96. The first kappa shape index (κ1) is 11.1. The maximum absolute atomic E-state index is 4.78. The zero-order valence-electron chi connectivity index (χ0n) is 9.84. The maximum atomic E-state index is 4.78. The molecule has 0 amide bonds. The van der Waals surface area contributed by atoms with Crippen molar-refractivity contribution in [2.24, 2.45) is 0 Å². The van der Waals surface area contributed by atoms with E-state index in [1.807, 2.05) is 11.3 Å². The minimum atomic E-state index is 0.191. The van der Waals surface area contributed by atoms with E-state index < -0.39 is 0 Å². The van der Waals surface area contributed by atoms with E-state index in [-0.39, 0.29) is 5.41 Å². The smallest absolute Gasteiger partial charge is 0.0972 e. The molecule has 1 N–H and O–H groups in total. The Morgan fingerprint density at radius 3 is 2.80 bits per heavy atom. The quantitative estimate of drug-likeness (QED) is 0.793. The summed E-state index contributed by atoms with van der Waals surface area (Å²) in [4.78, 5) is 4.78. The molecule has 2 nitrogen and oxygen atoms in total. The van der Waals surface area contributed by atoms with Gasteiger partial charge in [0.2, 0.25) is 0 Å². The van der Waals surface area contributed by atoms with E-state index in [2.05, 4.69) is 31.5 Å². The van der Waals surface area contributed by atoms with Crippen molar-refractivity contribution >= 4 is 11.3 Å². The molecule has 1 aliphatic heterocycles. The molecule has 3 heteroatoms. The predicted octanol–water partition coefficient (Wildman–Crippen LogP) is 2.91. The molecule has 1 unspecified atom stereocenters. The molecular formula is C12H20N2S. The Labute approximate surface area is 96.1 Å². The molecule has 1 aromatic heterocycles. The van der Waals surface area contributed by atoms with Crippen molar-refractivity contribution in [2.75, 3.05) is 13.1 Å². The Bertz CT molecular complexity index is 319. The van der Waals surface area contributed by atoms with Crippen LogP contribution in [0.4, 0.5) is 0 Å². The fourth-order valence-corrected chi connectivity index (χ4v) is 3.07. The van der Waals surface area contributed by atoms with E-state index in [1.165, 1.54) is 30.1 Å². The molecule has 0 saturated carbocycles. The maximum Gasteiger partial charge on any atom is 0.0972 e. The second kappa shape index (κ2) is 4.22. The molecule has 1 aromatic rings. The van der Waals surface area contributed by atoms with Crippen LogP contribution in [0.5, 0.6) is 0 Å². The second-order valence-corrected chi connectivity index (χ2v) is 6.25. The third-order valence-corrected chi connectivity index (χ3v) is 3.94. The van der Waals surface area contributed by atoms with E-state index >= 15 is 0 Å². The largest absolute Gasteiger partial charge is 0.316 e. The lowest BCUT2D eigenvalue weighted by atomic mass is 9.93. The Kier molecular flexibility index (Phi) is 3.12. The lowest BCUT2D eigenvalue weighted by Gasteiger charge is -2.21. The van der Waals surface area contributed by atoms with Crippen LogP contribution in [0.2, 0.25) is 0 Å². The molecular weight excluding hydrogens is 204 g/mol. The fraction of sp³-hybridized carbons (Fsp3) is 0.750. The highest BCUT2D eigenvalue weighted by atomic mass is 32.1. The van der Waals surface area contributed by atoms with Crippen molar-refractivity contribution in [3.63, 3.8) is 0 Å². The number of hydrogen-bond donors (Lipinski definition) is 1. The molecule has 1 atom stereocenters. The van der Waals surface area contributed by atoms with E-state index in [1.54, 1.807) is 0 Å². The molecule has 0 aromatic carbocycles. The molecule has 15 heavy (non-hydrogen) atoms. The molecule has 0 radical (unpaired) electrons. The summed E-state index contributed by atoms with van der Waals surface area (Å²) >= 11 is 1.83. The van der Waals surface area contributed by atoms with E-state index in [0.717, 1.165) is 6.54 Å². The highest BCUT2D eigenvalue weighted by molar-refractivity contribution is 7.09. The third kappa shape index (κ3) is 2.58. The number of aromatic nitrogens is 1. The van der Waals surface area contributed by atoms with Gasteiger partial charge in [-0.3, -0.25) is 0 Å². The van der Waals surface area contributed by atoms with Crippen molar-refractivity contribution in [2.45, 2.75) is 44.9 Å². The summed E-state index contributed by atoms with van der Waals surface area (Å²) in [5.41, 5.74) is 1.43. The molecule has 84 valence electrons. The topological polar surface area (TPSA) is 24.9 Å². The monoisotopic (exact) mass is 224 g/mol. The van der Waals surface area contributed by atoms with Gasteiger partial charge < -0.3 is 5.32 Å². The van der Waals surface area contributed by atoms with Gasteiger partial charge >= 0.3 is 0 Å². The van der Waals surface area contributed by atoms with Gasteiger partial charge in [-0.25, -0.2) is 4.98 Å². The number of piperidine rings is 1. The van der Waals surface area contributed by atoms with Gasteiger partial charge in [0.1, 0.15) is 0 Å². The molecule has 1 fully saturated rings. The Hall–Kier alpha value is -0.410. The first-order valence-corrected chi connectivity index (χ1v) is 6.62. The summed E-state index contributed by atoms with van der Waals surface area (Å²) in [5, 5.41) is 7.00. The van der Waals surface area contributed by atoms with Crippen LogP contribution in [0.25, 0.3) is 0 Å². The molecule has 1 aliphatic rings. The van der Waals surface area contributed by atoms with Gasteiger partial charge in [0.15, 0.2) is 0 Å². The van der Waals surface area contributed by atoms with Gasteiger partial charge in [-0.05, 0) is 19.4 Å². The minimum absolute atomic E-state index is 0.191. The lowest BCUT2D eigenvalue weighted by molar-refractivity contribution is 0.457. The van der Waals surface area contributed by atoms with Crippen LogP contribution in [-0.4, -0.2) is 18.1 Å². The van der Waals surface area contributed by atoms with Gasteiger partial charge in [0.05, 0.1) is 10.7 Å². The van der Waals surface area contributed by atoms with Gasteiger partial charge in [0, 0.05) is 23.3 Å². The minimum Gasteiger partial charge on any atom is -0.316 e. The van der Waals surface area contributed by atoms with Crippen molar-refractivity contribution in [3.8, 4) is 0 Å². The van der Waals surface area contributed by atoms with E-state index in [0.29, 0.717) is 5.92 Å². The Morgan fingerprint density at radius 2 is 2.27 bits per heavy atom. The Balaban J connectivity index is 2.12.